The number of aryl methyl sites for hydroxylation is 1. The Hall–Kier alpha value is -3.08. The molecule has 1 aliphatic rings. The maximum Gasteiger partial charge on any atom is 0.231 e. The lowest BCUT2D eigenvalue weighted by atomic mass is 10.1. The molecule has 0 aliphatic heterocycles. The number of rotatable bonds is 4. The number of imidazole rings is 1. The second-order valence-corrected chi connectivity index (χ2v) is 6.47. The van der Waals surface area contributed by atoms with Crippen molar-refractivity contribution < 1.29 is 14.7 Å². The lowest BCUT2D eigenvalue weighted by molar-refractivity contribution is 0.0970. The van der Waals surface area contributed by atoms with Crippen LogP contribution in [-0.4, -0.2) is 20.7 Å². The average molecular weight is 348 g/mol. The molecule has 0 saturated carbocycles. The number of hydrogen-bond acceptors (Lipinski definition) is 4. The predicted octanol–water partition coefficient (Wildman–Crippen LogP) is 4.41. The van der Waals surface area contributed by atoms with Crippen LogP contribution in [0.25, 0.3) is 0 Å². The summed E-state index contributed by atoms with van der Waals surface area (Å²) < 4.78 is 6.72. The number of aromatic nitrogens is 2. The lowest BCUT2D eigenvalue weighted by Crippen LogP contribution is -2.11. The molecule has 0 unspecified atom stereocenters. The highest BCUT2D eigenvalue weighted by atomic mass is 16.5. The van der Waals surface area contributed by atoms with E-state index in [4.69, 9.17) is 4.74 Å². The first-order valence-electron chi connectivity index (χ1n) is 8.90. The quantitative estimate of drug-likeness (QED) is 0.431. The predicted molar refractivity (Wildman–Crippen MR) is 97.1 cm³/mol. The molecule has 132 valence electrons. The van der Waals surface area contributed by atoms with Gasteiger partial charge in [-0.25, -0.2) is 4.98 Å². The van der Waals surface area contributed by atoms with Gasteiger partial charge in [0.25, 0.3) is 0 Å². The fraction of sp³-hybridized carbons (Fsp3) is 0.238. The molecule has 0 radical (unpaired) electrons. The van der Waals surface area contributed by atoms with Crippen LogP contribution >= 0.6 is 0 Å². The van der Waals surface area contributed by atoms with Gasteiger partial charge in [0.2, 0.25) is 11.6 Å². The fourth-order valence-corrected chi connectivity index (χ4v) is 3.28. The number of ether oxygens (including phenoxy) is 1. The minimum Gasteiger partial charge on any atom is -0.457 e. The van der Waals surface area contributed by atoms with Crippen molar-refractivity contribution in [3.63, 3.8) is 0 Å². The second-order valence-electron chi connectivity index (χ2n) is 6.47. The first-order chi connectivity index (χ1) is 12.7. The maximum absolute atomic E-state index is 12.8. The van der Waals surface area contributed by atoms with Crippen molar-refractivity contribution in [3.8, 4) is 11.5 Å². The molecule has 26 heavy (non-hydrogen) atoms. The smallest absolute Gasteiger partial charge is 0.231 e. The van der Waals surface area contributed by atoms with E-state index >= 15 is 0 Å². The van der Waals surface area contributed by atoms with Crippen molar-refractivity contribution in [1.29, 1.82) is 0 Å². The first-order valence-corrected chi connectivity index (χ1v) is 8.90. The Bertz CT molecular complexity index is 914. The molecule has 0 amide bonds. The molecule has 2 aromatic carbocycles. The number of carbonyl (C=O) groups excluding carboxylic acids is 1. The van der Waals surface area contributed by atoms with Gasteiger partial charge in [-0.1, -0.05) is 24.6 Å². The molecule has 3 aromatic rings. The van der Waals surface area contributed by atoms with E-state index in [0.29, 0.717) is 11.3 Å². The summed E-state index contributed by atoms with van der Waals surface area (Å²) in [5, 5.41) is 10.4. The highest BCUT2D eigenvalue weighted by Crippen LogP contribution is 2.24. The van der Waals surface area contributed by atoms with Crippen LogP contribution in [0.1, 0.15) is 46.8 Å². The van der Waals surface area contributed by atoms with Gasteiger partial charge in [-0.05, 0) is 62.1 Å². The summed E-state index contributed by atoms with van der Waals surface area (Å²) in [7, 11) is 0. The van der Waals surface area contributed by atoms with Crippen molar-refractivity contribution in [2.24, 2.45) is 0 Å². The van der Waals surface area contributed by atoms with E-state index in [0.717, 1.165) is 54.0 Å². The first kappa shape index (κ1) is 16.4. The van der Waals surface area contributed by atoms with Crippen molar-refractivity contribution in [2.75, 3.05) is 0 Å². The average Bonchev–Trinajstić information content (AvgIpc) is 2.84. The van der Waals surface area contributed by atoms with Crippen LogP contribution in [0, 0.1) is 0 Å². The van der Waals surface area contributed by atoms with Gasteiger partial charge in [-0.2, -0.15) is 4.73 Å². The summed E-state index contributed by atoms with van der Waals surface area (Å²) in [4.78, 5) is 17.2. The van der Waals surface area contributed by atoms with E-state index < -0.39 is 0 Å². The highest BCUT2D eigenvalue weighted by Gasteiger charge is 2.24. The van der Waals surface area contributed by atoms with Crippen LogP contribution in [0.2, 0.25) is 0 Å². The van der Waals surface area contributed by atoms with Gasteiger partial charge in [-0.15, -0.1) is 0 Å². The van der Waals surface area contributed by atoms with Gasteiger partial charge in [0.05, 0.1) is 11.4 Å². The summed E-state index contributed by atoms with van der Waals surface area (Å²) in [6, 6.07) is 16.3. The topological polar surface area (TPSA) is 64.3 Å². The highest BCUT2D eigenvalue weighted by molar-refractivity contribution is 6.06. The fourth-order valence-electron chi connectivity index (χ4n) is 3.28. The molecule has 5 heteroatoms. The van der Waals surface area contributed by atoms with Crippen molar-refractivity contribution in [3.05, 3.63) is 77.4 Å². The van der Waals surface area contributed by atoms with Crippen molar-refractivity contribution in [1.82, 2.24) is 9.71 Å². The SMILES string of the molecule is O=C(c1ccc(Oc2ccccc2)cc1)c1nc2c(n1O)CCCCC2. The van der Waals surface area contributed by atoms with E-state index in [2.05, 4.69) is 4.98 Å². The Morgan fingerprint density at radius 2 is 1.62 bits per heavy atom. The van der Waals surface area contributed by atoms with Crippen LogP contribution in [-0.2, 0) is 12.8 Å². The van der Waals surface area contributed by atoms with Crippen molar-refractivity contribution in [2.45, 2.75) is 32.1 Å². The van der Waals surface area contributed by atoms with Crippen LogP contribution in [0.15, 0.2) is 54.6 Å². The molecule has 1 heterocycles. The standard InChI is InChI=1S/C21H20N2O3/c24-20(21-22-18-9-5-2-6-10-19(18)23(21)25)15-11-13-17(14-12-15)26-16-7-3-1-4-8-16/h1,3-4,7-8,11-14,25H,2,5-6,9-10H2. The third kappa shape index (κ3) is 3.20. The molecule has 1 N–H and O–H groups in total. The van der Waals surface area contributed by atoms with Crippen molar-refractivity contribution >= 4 is 5.78 Å². The second kappa shape index (κ2) is 7.04. The summed E-state index contributed by atoms with van der Waals surface area (Å²) in [6.45, 7) is 0. The van der Waals surface area contributed by atoms with Gasteiger partial charge in [-0.3, -0.25) is 4.79 Å². The Morgan fingerprint density at radius 3 is 2.38 bits per heavy atom. The van der Waals surface area contributed by atoms with Crippen LogP contribution in [0.4, 0.5) is 0 Å². The number of fused-ring (bicyclic) bond motifs is 1. The minimum absolute atomic E-state index is 0.0913. The molecule has 1 aromatic heterocycles. The zero-order valence-electron chi connectivity index (χ0n) is 14.4. The Morgan fingerprint density at radius 1 is 0.923 bits per heavy atom. The zero-order valence-corrected chi connectivity index (χ0v) is 14.4. The van der Waals surface area contributed by atoms with E-state index in [9.17, 15) is 10.0 Å². The third-order valence-electron chi connectivity index (χ3n) is 4.66. The summed E-state index contributed by atoms with van der Waals surface area (Å²) in [5.74, 6) is 1.19. The molecule has 4 rings (SSSR count). The lowest BCUT2D eigenvalue weighted by Gasteiger charge is -2.06. The molecular weight excluding hydrogens is 328 g/mol. The Balaban J connectivity index is 1.55. The molecule has 5 nitrogen and oxygen atoms in total. The van der Waals surface area contributed by atoms with Gasteiger partial charge < -0.3 is 9.94 Å². The Labute approximate surface area is 151 Å². The normalized spacial score (nSPS) is 13.7. The van der Waals surface area contributed by atoms with E-state index in [1.165, 1.54) is 0 Å². The van der Waals surface area contributed by atoms with Crippen LogP contribution in [0.5, 0.6) is 11.5 Å². The third-order valence-corrected chi connectivity index (χ3v) is 4.66. The van der Waals surface area contributed by atoms with Crippen LogP contribution in [0.3, 0.4) is 0 Å². The molecular formula is C21H20N2O3. The van der Waals surface area contributed by atoms with Gasteiger partial charge >= 0.3 is 0 Å². The molecule has 0 spiro atoms. The summed E-state index contributed by atoms with van der Waals surface area (Å²) in [5.41, 5.74) is 2.09. The number of nitrogens with zero attached hydrogens (tertiary/aromatic N) is 2. The number of ketones is 1. The minimum atomic E-state index is -0.285. The molecule has 0 fully saturated rings. The molecule has 0 bridgehead atoms. The van der Waals surface area contributed by atoms with Gasteiger partial charge in [0.1, 0.15) is 11.5 Å². The molecule has 0 atom stereocenters. The van der Waals surface area contributed by atoms with Gasteiger partial charge in [0.15, 0.2) is 0 Å². The largest absolute Gasteiger partial charge is 0.457 e. The number of para-hydroxylation sites is 1. The van der Waals surface area contributed by atoms with E-state index in [1.807, 2.05) is 30.3 Å². The number of carbonyl (C=O) groups is 1. The number of hydrogen-bond donors (Lipinski definition) is 1. The molecule has 1 aliphatic carbocycles. The summed E-state index contributed by atoms with van der Waals surface area (Å²) >= 11 is 0. The monoisotopic (exact) mass is 348 g/mol. The Kier molecular flexibility index (Phi) is 4.44. The maximum atomic E-state index is 12.8. The number of benzene rings is 2. The zero-order chi connectivity index (χ0) is 17.9. The summed E-state index contributed by atoms with van der Waals surface area (Å²) in [6.07, 6.45) is 4.76. The van der Waals surface area contributed by atoms with E-state index in [1.54, 1.807) is 24.3 Å². The molecule has 0 saturated heterocycles. The van der Waals surface area contributed by atoms with Gasteiger partial charge in [0, 0.05) is 5.56 Å². The van der Waals surface area contributed by atoms with Crippen LogP contribution < -0.4 is 4.74 Å². The van der Waals surface area contributed by atoms with E-state index in [-0.39, 0.29) is 11.6 Å².